The quantitative estimate of drug-likeness (QED) is 0.648. The van der Waals surface area contributed by atoms with Crippen LogP contribution >= 0.6 is 12.2 Å². The first-order valence-corrected chi connectivity index (χ1v) is 9.60. The molecule has 1 aliphatic rings. The Morgan fingerprint density at radius 1 is 0.885 bits per heavy atom. The molecule has 1 fully saturated rings. The van der Waals surface area contributed by atoms with Crippen molar-refractivity contribution in [2.24, 2.45) is 0 Å². The highest BCUT2D eigenvalue weighted by Crippen LogP contribution is 2.25. The topological polar surface area (TPSA) is 49.8 Å². The Labute approximate surface area is 159 Å². The molecule has 0 spiro atoms. The van der Waals surface area contributed by atoms with E-state index in [2.05, 4.69) is 10.6 Å². The predicted molar refractivity (Wildman–Crippen MR) is 111 cm³/mol. The van der Waals surface area contributed by atoms with Crippen molar-refractivity contribution in [3.8, 4) is 11.4 Å². The Morgan fingerprint density at radius 2 is 1.62 bits per heavy atom. The van der Waals surface area contributed by atoms with E-state index in [9.17, 15) is 0 Å². The molecule has 3 aromatic rings. The number of nitrogens with zero attached hydrogens (tertiary/aromatic N) is 2. The average Bonchev–Trinajstić information content (AvgIpc) is 2.69. The molecule has 1 aromatic heterocycles. The van der Waals surface area contributed by atoms with Crippen LogP contribution in [0, 0.1) is 0 Å². The Kier molecular flexibility index (Phi) is 5.07. The minimum atomic E-state index is 0.463. The van der Waals surface area contributed by atoms with Crippen LogP contribution in [0.5, 0.6) is 0 Å². The van der Waals surface area contributed by atoms with Gasteiger partial charge in [0.15, 0.2) is 10.9 Å². The van der Waals surface area contributed by atoms with Crippen LogP contribution in [0.15, 0.2) is 54.6 Å². The fraction of sp³-hybridized carbons (Fsp3) is 0.286. The van der Waals surface area contributed by atoms with Crippen LogP contribution in [-0.2, 0) is 0 Å². The summed E-state index contributed by atoms with van der Waals surface area (Å²) in [5.74, 6) is 1.45. The number of rotatable bonds is 3. The third-order valence-electron chi connectivity index (χ3n) is 4.81. The third kappa shape index (κ3) is 3.83. The molecule has 0 atom stereocenters. The maximum absolute atomic E-state index is 5.56. The van der Waals surface area contributed by atoms with Gasteiger partial charge in [-0.3, -0.25) is 0 Å². The van der Waals surface area contributed by atoms with Crippen LogP contribution in [0.1, 0.15) is 32.1 Å². The van der Waals surface area contributed by atoms with Gasteiger partial charge in [-0.25, -0.2) is 9.97 Å². The molecular formula is C21H22N4S. The van der Waals surface area contributed by atoms with Gasteiger partial charge in [-0.1, -0.05) is 61.7 Å². The number of aromatic nitrogens is 2. The Hall–Kier alpha value is -2.53. The third-order valence-corrected chi connectivity index (χ3v) is 5.03. The van der Waals surface area contributed by atoms with Crippen molar-refractivity contribution >= 4 is 34.1 Å². The van der Waals surface area contributed by atoms with E-state index in [0.29, 0.717) is 17.0 Å². The van der Waals surface area contributed by atoms with Crippen LogP contribution in [0.25, 0.3) is 22.3 Å². The fourth-order valence-corrected chi connectivity index (χ4v) is 3.73. The Bertz CT molecular complexity index is 904. The maximum atomic E-state index is 5.56. The first kappa shape index (κ1) is 16.9. The van der Waals surface area contributed by atoms with Crippen molar-refractivity contribution in [1.82, 2.24) is 15.3 Å². The summed E-state index contributed by atoms with van der Waals surface area (Å²) in [5.41, 5.74) is 1.90. The number of hydrogen-bond donors (Lipinski definition) is 2. The Morgan fingerprint density at radius 3 is 2.42 bits per heavy atom. The van der Waals surface area contributed by atoms with Crippen LogP contribution in [-0.4, -0.2) is 21.1 Å². The number of nitrogens with one attached hydrogen (secondary N) is 2. The average molecular weight is 363 g/mol. The molecule has 2 N–H and O–H groups in total. The van der Waals surface area contributed by atoms with E-state index in [1.165, 1.54) is 32.1 Å². The van der Waals surface area contributed by atoms with Gasteiger partial charge in [0, 0.05) is 17.0 Å². The van der Waals surface area contributed by atoms with Gasteiger partial charge in [-0.2, -0.15) is 0 Å². The number of benzene rings is 2. The summed E-state index contributed by atoms with van der Waals surface area (Å²) in [7, 11) is 0. The number of para-hydroxylation sites is 1. The van der Waals surface area contributed by atoms with Gasteiger partial charge < -0.3 is 10.6 Å². The molecular weight excluding hydrogens is 340 g/mol. The van der Waals surface area contributed by atoms with E-state index in [0.717, 1.165) is 22.3 Å². The minimum absolute atomic E-state index is 0.463. The molecule has 132 valence electrons. The number of thiocarbonyl (C=S) groups is 1. The van der Waals surface area contributed by atoms with Crippen LogP contribution in [0.2, 0.25) is 0 Å². The van der Waals surface area contributed by atoms with Crippen molar-refractivity contribution in [1.29, 1.82) is 0 Å². The zero-order chi connectivity index (χ0) is 17.8. The van der Waals surface area contributed by atoms with Crippen molar-refractivity contribution < 1.29 is 0 Å². The van der Waals surface area contributed by atoms with Gasteiger partial charge in [-0.05, 0) is 37.2 Å². The first-order chi connectivity index (χ1) is 12.8. The molecule has 1 aliphatic carbocycles. The molecule has 0 amide bonds. The standard InChI is InChI=1S/C21H22N4S/c26-21(22-16-11-5-2-6-12-16)25-20-17-13-7-8-14-18(17)23-19(24-20)15-9-3-1-4-10-15/h1,3-4,7-10,13-14,16H,2,5-6,11-12H2,(H2,22,23,24,25,26). The summed E-state index contributed by atoms with van der Waals surface area (Å²) < 4.78 is 0. The van der Waals surface area contributed by atoms with E-state index in [1.807, 2.05) is 54.6 Å². The lowest BCUT2D eigenvalue weighted by atomic mass is 9.96. The lowest BCUT2D eigenvalue weighted by Crippen LogP contribution is -2.39. The predicted octanol–water partition coefficient (Wildman–Crippen LogP) is 4.92. The molecule has 4 rings (SSSR count). The van der Waals surface area contributed by atoms with Gasteiger partial charge in [0.1, 0.15) is 5.82 Å². The molecule has 0 bridgehead atoms. The lowest BCUT2D eigenvalue weighted by molar-refractivity contribution is 0.415. The van der Waals surface area contributed by atoms with Gasteiger partial charge in [0.05, 0.1) is 5.52 Å². The summed E-state index contributed by atoms with van der Waals surface area (Å²) in [6.45, 7) is 0. The molecule has 2 aromatic carbocycles. The van der Waals surface area contributed by atoms with Gasteiger partial charge in [0.25, 0.3) is 0 Å². The summed E-state index contributed by atoms with van der Waals surface area (Å²) in [5, 5.41) is 8.37. The fourth-order valence-electron chi connectivity index (χ4n) is 3.46. The molecule has 0 saturated heterocycles. The van der Waals surface area contributed by atoms with Crippen molar-refractivity contribution in [3.05, 3.63) is 54.6 Å². The second-order valence-electron chi connectivity index (χ2n) is 6.71. The summed E-state index contributed by atoms with van der Waals surface area (Å²) in [6.07, 6.45) is 6.24. The highest BCUT2D eigenvalue weighted by Gasteiger charge is 2.15. The highest BCUT2D eigenvalue weighted by atomic mass is 32.1. The second-order valence-corrected chi connectivity index (χ2v) is 7.12. The van der Waals surface area contributed by atoms with Crippen LogP contribution in [0.3, 0.4) is 0 Å². The Balaban J connectivity index is 1.63. The van der Waals surface area contributed by atoms with E-state index in [1.54, 1.807) is 0 Å². The monoisotopic (exact) mass is 362 g/mol. The van der Waals surface area contributed by atoms with E-state index < -0.39 is 0 Å². The maximum Gasteiger partial charge on any atom is 0.172 e. The number of anilines is 1. The van der Waals surface area contributed by atoms with Gasteiger partial charge >= 0.3 is 0 Å². The summed E-state index contributed by atoms with van der Waals surface area (Å²) in [6, 6.07) is 18.5. The number of hydrogen-bond acceptors (Lipinski definition) is 3. The molecule has 0 unspecified atom stereocenters. The molecule has 4 nitrogen and oxygen atoms in total. The van der Waals surface area contributed by atoms with Gasteiger partial charge in [-0.15, -0.1) is 0 Å². The molecule has 0 aliphatic heterocycles. The molecule has 0 radical (unpaired) electrons. The van der Waals surface area contributed by atoms with E-state index in [-0.39, 0.29) is 0 Å². The first-order valence-electron chi connectivity index (χ1n) is 9.19. The minimum Gasteiger partial charge on any atom is -0.360 e. The largest absolute Gasteiger partial charge is 0.360 e. The van der Waals surface area contributed by atoms with Gasteiger partial charge in [0.2, 0.25) is 0 Å². The molecule has 5 heteroatoms. The smallest absolute Gasteiger partial charge is 0.172 e. The van der Waals surface area contributed by atoms with Crippen molar-refractivity contribution in [2.45, 2.75) is 38.1 Å². The molecule has 1 heterocycles. The molecule has 26 heavy (non-hydrogen) atoms. The van der Waals surface area contributed by atoms with Crippen LogP contribution in [0.4, 0.5) is 5.82 Å². The normalized spacial score (nSPS) is 14.9. The van der Waals surface area contributed by atoms with Crippen LogP contribution < -0.4 is 10.6 Å². The zero-order valence-corrected chi connectivity index (χ0v) is 15.4. The lowest BCUT2D eigenvalue weighted by Gasteiger charge is -2.24. The summed E-state index contributed by atoms with van der Waals surface area (Å²) >= 11 is 5.56. The second kappa shape index (κ2) is 7.79. The van der Waals surface area contributed by atoms with Crippen molar-refractivity contribution in [2.75, 3.05) is 5.32 Å². The molecule has 1 saturated carbocycles. The highest BCUT2D eigenvalue weighted by molar-refractivity contribution is 7.80. The van der Waals surface area contributed by atoms with E-state index >= 15 is 0 Å². The van der Waals surface area contributed by atoms with Crippen molar-refractivity contribution in [3.63, 3.8) is 0 Å². The zero-order valence-electron chi connectivity index (χ0n) is 14.6. The summed E-state index contributed by atoms with van der Waals surface area (Å²) in [4.78, 5) is 9.47. The van der Waals surface area contributed by atoms with E-state index in [4.69, 9.17) is 22.2 Å². The number of fused-ring (bicyclic) bond motifs is 1. The SMILES string of the molecule is S=C(Nc1nc(-c2ccccc2)nc2ccccc12)NC1CCCCC1.